The van der Waals surface area contributed by atoms with Gasteiger partial charge in [0.05, 0.1) is 11.1 Å². The largest absolute Gasteiger partial charge is 0.485 e. The average molecular weight is 391 g/mol. The van der Waals surface area contributed by atoms with E-state index in [4.69, 9.17) is 9.47 Å². The predicted molar refractivity (Wildman–Crippen MR) is 81.4 cm³/mol. The van der Waals surface area contributed by atoms with Crippen molar-refractivity contribution in [2.45, 2.75) is 18.5 Å². The number of carbonyl (C=O) groups excluding carboxylic acids is 1. The van der Waals surface area contributed by atoms with E-state index in [2.05, 4.69) is 0 Å². The Labute approximate surface area is 148 Å². The van der Waals surface area contributed by atoms with Crippen LogP contribution in [0.2, 0.25) is 0 Å². The van der Waals surface area contributed by atoms with Gasteiger partial charge in [-0.25, -0.2) is 0 Å². The molecule has 1 N–H and O–H groups in total. The highest BCUT2D eigenvalue weighted by atomic mass is 19.4. The van der Waals surface area contributed by atoms with Gasteiger partial charge < -0.3 is 14.8 Å². The molecule has 0 aromatic heterocycles. The standard InChI is InChI=1S/C17H11F6NO3/c18-16(19,20)9-5-10(17(21,22)23)7-11(6-9)24-15(25)14-8-26-12-3-1-2-4-13(12)27-14/h1-7,14H,8H2,(H,24,25). The molecular weight excluding hydrogens is 380 g/mol. The minimum absolute atomic E-state index is 0.0217. The highest BCUT2D eigenvalue weighted by Gasteiger charge is 2.37. The van der Waals surface area contributed by atoms with Gasteiger partial charge in [-0.1, -0.05) is 12.1 Å². The lowest BCUT2D eigenvalue weighted by Crippen LogP contribution is -2.40. The molecule has 0 saturated carbocycles. The van der Waals surface area contributed by atoms with E-state index in [9.17, 15) is 31.1 Å². The van der Waals surface area contributed by atoms with Gasteiger partial charge in [0.1, 0.15) is 6.61 Å². The molecule has 2 aromatic rings. The fraction of sp³-hybridized carbons (Fsp3) is 0.235. The van der Waals surface area contributed by atoms with E-state index < -0.39 is 41.2 Å². The van der Waals surface area contributed by atoms with Crippen LogP contribution in [0, 0.1) is 0 Å². The highest BCUT2D eigenvalue weighted by molar-refractivity contribution is 5.95. The first-order valence-electron chi connectivity index (χ1n) is 7.53. The number of anilines is 1. The van der Waals surface area contributed by atoms with Crippen molar-refractivity contribution in [3.05, 3.63) is 53.6 Å². The number of halogens is 6. The van der Waals surface area contributed by atoms with E-state index in [0.29, 0.717) is 17.9 Å². The summed E-state index contributed by atoms with van der Waals surface area (Å²) in [5.74, 6) is -0.319. The van der Waals surface area contributed by atoms with Gasteiger partial charge in [-0.3, -0.25) is 4.79 Å². The second-order valence-electron chi connectivity index (χ2n) is 5.65. The normalized spacial score (nSPS) is 16.7. The summed E-state index contributed by atoms with van der Waals surface area (Å²) in [5, 5.41) is 2.02. The summed E-state index contributed by atoms with van der Waals surface area (Å²) in [4.78, 5) is 12.2. The molecule has 1 unspecified atom stereocenters. The molecule has 144 valence electrons. The van der Waals surface area contributed by atoms with Crippen LogP contribution in [0.15, 0.2) is 42.5 Å². The van der Waals surface area contributed by atoms with Gasteiger partial charge in [-0.05, 0) is 30.3 Å². The van der Waals surface area contributed by atoms with Crippen molar-refractivity contribution in [3.63, 3.8) is 0 Å². The number of nitrogens with one attached hydrogen (secondary N) is 1. The van der Waals surface area contributed by atoms with Crippen LogP contribution in [-0.2, 0) is 17.1 Å². The topological polar surface area (TPSA) is 47.6 Å². The second kappa shape index (κ2) is 6.67. The number of amides is 1. The molecule has 1 aliphatic heterocycles. The molecule has 1 atom stereocenters. The minimum Gasteiger partial charge on any atom is -0.485 e. The Balaban J connectivity index is 1.83. The smallest absolute Gasteiger partial charge is 0.416 e. The molecule has 3 rings (SSSR count). The first-order valence-corrected chi connectivity index (χ1v) is 7.53. The number of alkyl halides is 6. The molecule has 0 saturated heterocycles. The maximum atomic E-state index is 12.9. The quantitative estimate of drug-likeness (QED) is 0.767. The van der Waals surface area contributed by atoms with Crippen molar-refractivity contribution in [1.82, 2.24) is 0 Å². The lowest BCUT2D eigenvalue weighted by Gasteiger charge is -2.25. The van der Waals surface area contributed by atoms with Crippen LogP contribution in [-0.4, -0.2) is 18.6 Å². The van der Waals surface area contributed by atoms with E-state index >= 15 is 0 Å². The van der Waals surface area contributed by atoms with Gasteiger partial charge in [-0.2, -0.15) is 26.3 Å². The first-order chi connectivity index (χ1) is 12.5. The monoisotopic (exact) mass is 391 g/mol. The molecule has 0 fully saturated rings. The molecule has 1 heterocycles. The van der Waals surface area contributed by atoms with Crippen LogP contribution < -0.4 is 14.8 Å². The van der Waals surface area contributed by atoms with Gasteiger partial charge in [0.15, 0.2) is 11.5 Å². The molecule has 27 heavy (non-hydrogen) atoms. The van der Waals surface area contributed by atoms with Gasteiger partial charge in [0.2, 0.25) is 6.10 Å². The second-order valence-corrected chi connectivity index (χ2v) is 5.65. The molecule has 0 radical (unpaired) electrons. The Morgan fingerprint density at radius 3 is 2.04 bits per heavy atom. The zero-order chi connectivity index (χ0) is 19.8. The molecule has 1 amide bonds. The molecule has 1 aliphatic rings. The van der Waals surface area contributed by atoms with Crippen molar-refractivity contribution >= 4 is 11.6 Å². The van der Waals surface area contributed by atoms with E-state index in [1.54, 1.807) is 18.2 Å². The lowest BCUT2D eigenvalue weighted by atomic mass is 10.1. The zero-order valence-corrected chi connectivity index (χ0v) is 13.3. The maximum absolute atomic E-state index is 12.9. The Morgan fingerprint density at radius 1 is 0.926 bits per heavy atom. The summed E-state index contributed by atoms with van der Waals surface area (Å²) in [6, 6.07) is 7.21. The Morgan fingerprint density at radius 2 is 1.48 bits per heavy atom. The highest BCUT2D eigenvalue weighted by Crippen LogP contribution is 2.38. The molecule has 2 aromatic carbocycles. The number of carbonyl (C=O) groups is 1. The molecule has 0 spiro atoms. The van der Waals surface area contributed by atoms with E-state index in [1.165, 1.54) is 6.07 Å². The molecular formula is C17H11F6NO3. The number of hydrogen-bond donors (Lipinski definition) is 1. The fourth-order valence-electron chi connectivity index (χ4n) is 2.40. The van der Waals surface area contributed by atoms with Gasteiger partial charge in [0.25, 0.3) is 5.91 Å². The van der Waals surface area contributed by atoms with Crippen molar-refractivity contribution in [3.8, 4) is 11.5 Å². The summed E-state index contributed by atoms with van der Waals surface area (Å²) in [5.41, 5.74) is -3.71. The minimum atomic E-state index is -5.01. The van der Waals surface area contributed by atoms with Crippen LogP contribution in [0.3, 0.4) is 0 Å². The average Bonchev–Trinajstić information content (AvgIpc) is 2.59. The molecule has 0 aliphatic carbocycles. The van der Waals surface area contributed by atoms with Crippen LogP contribution >= 0.6 is 0 Å². The Bertz CT molecular complexity index is 830. The lowest BCUT2D eigenvalue weighted by molar-refractivity contribution is -0.143. The first kappa shape index (κ1) is 18.9. The maximum Gasteiger partial charge on any atom is 0.416 e. The summed E-state index contributed by atoms with van der Waals surface area (Å²) < 4.78 is 87.9. The third-order valence-electron chi connectivity index (χ3n) is 3.66. The van der Waals surface area contributed by atoms with Gasteiger partial charge >= 0.3 is 12.4 Å². The summed E-state index contributed by atoms with van der Waals surface area (Å²) in [7, 11) is 0. The zero-order valence-electron chi connectivity index (χ0n) is 13.3. The van der Waals surface area contributed by atoms with Crippen molar-refractivity contribution in [2.75, 3.05) is 11.9 Å². The van der Waals surface area contributed by atoms with Crippen LogP contribution in [0.25, 0.3) is 0 Å². The van der Waals surface area contributed by atoms with Crippen LogP contribution in [0.1, 0.15) is 11.1 Å². The van der Waals surface area contributed by atoms with Gasteiger partial charge in [0, 0.05) is 5.69 Å². The number of ether oxygens (including phenoxy) is 2. The van der Waals surface area contributed by atoms with Crippen molar-refractivity contribution in [1.29, 1.82) is 0 Å². The number of rotatable bonds is 2. The number of para-hydroxylation sites is 2. The predicted octanol–water partition coefficient (Wildman–Crippen LogP) is 4.50. The van der Waals surface area contributed by atoms with Gasteiger partial charge in [-0.15, -0.1) is 0 Å². The summed E-state index contributed by atoms with van der Waals surface area (Å²) in [6.45, 7) is -0.242. The Kier molecular flexibility index (Phi) is 4.66. The van der Waals surface area contributed by atoms with E-state index in [0.717, 1.165) is 0 Å². The van der Waals surface area contributed by atoms with E-state index in [1.807, 2.05) is 5.32 Å². The Hall–Kier alpha value is -2.91. The van der Waals surface area contributed by atoms with Crippen LogP contribution in [0.5, 0.6) is 11.5 Å². The molecule has 4 nitrogen and oxygen atoms in total. The SMILES string of the molecule is O=C(Nc1cc(C(F)(F)F)cc(C(F)(F)F)c1)C1COc2ccccc2O1. The van der Waals surface area contributed by atoms with Crippen LogP contribution in [0.4, 0.5) is 32.0 Å². The fourth-order valence-corrected chi connectivity index (χ4v) is 2.40. The summed E-state index contributed by atoms with van der Waals surface area (Å²) >= 11 is 0. The number of hydrogen-bond acceptors (Lipinski definition) is 3. The number of fused-ring (bicyclic) bond motifs is 1. The molecule has 10 heteroatoms. The van der Waals surface area contributed by atoms with Crippen molar-refractivity contribution < 1.29 is 40.6 Å². The van der Waals surface area contributed by atoms with E-state index in [-0.39, 0.29) is 18.4 Å². The number of benzene rings is 2. The third kappa shape index (κ3) is 4.26. The molecule has 0 bridgehead atoms. The van der Waals surface area contributed by atoms with Crippen molar-refractivity contribution in [2.24, 2.45) is 0 Å². The summed E-state index contributed by atoms with van der Waals surface area (Å²) in [6.07, 6.45) is -11.3. The third-order valence-corrected chi connectivity index (χ3v) is 3.66.